The summed E-state index contributed by atoms with van der Waals surface area (Å²) < 4.78 is 1.89. The van der Waals surface area contributed by atoms with Crippen LogP contribution in [-0.2, 0) is 6.42 Å². The molecule has 0 aromatic carbocycles. The van der Waals surface area contributed by atoms with Crippen molar-refractivity contribution in [1.29, 1.82) is 0 Å². The lowest BCUT2D eigenvalue weighted by molar-refractivity contribution is 0.539. The van der Waals surface area contributed by atoms with E-state index < -0.39 is 0 Å². The zero-order chi connectivity index (χ0) is 14.7. The van der Waals surface area contributed by atoms with Crippen molar-refractivity contribution in [3.8, 4) is 5.82 Å². The Morgan fingerprint density at radius 3 is 2.55 bits per heavy atom. The second-order valence-corrected chi connectivity index (χ2v) is 5.46. The molecule has 0 fully saturated rings. The summed E-state index contributed by atoms with van der Waals surface area (Å²) in [5.74, 6) is 1.36. The molecule has 0 aliphatic carbocycles. The molecule has 0 aliphatic rings. The number of hydrogen-bond donors (Lipinski definition) is 1. The molecule has 5 nitrogen and oxygen atoms in total. The fourth-order valence-corrected chi connectivity index (χ4v) is 2.47. The van der Waals surface area contributed by atoms with Gasteiger partial charge in [-0.2, -0.15) is 10.2 Å². The summed E-state index contributed by atoms with van der Waals surface area (Å²) in [6, 6.07) is 3.92. The van der Waals surface area contributed by atoms with Gasteiger partial charge in [-0.3, -0.25) is 0 Å². The molecule has 1 unspecified atom stereocenters. The van der Waals surface area contributed by atoms with E-state index in [2.05, 4.69) is 41.4 Å². The molecule has 2 rings (SSSR count). The molecule has 2 aromatic rings. The van der Waals surface area contributed by atoms with Crippen LogP contribution in [0, 0.1) is 26.7 Å². The van der Waals surface area contributed by atoms with Gasteiger partial charge in [-0.25, -0.2) is 4.68 Å². The zero-order valence-electron chi connectivity index (χ0n) is 12.9. The highest BCUT2D eigenvalue weighted by atomic mass is 15.3. The first kappa shape index (κ1) is 14.7. The number of rotatable bonds is 5. The van der Waals surface area contributed by atoms with E-state index in [-0.39, 0.29) is 0 Å². The molecule has 0 spiro atoms. The first-order chi connectivity index (χ1) is 9.52. The van der Waals surface area contributed by atoms with Crippen LogP contribution in [0.2, 0.25) is 0 Å². The number of aryl methyl sites for hydroxylation is 2. The lowest BCUT2D eigenvalue weighted by atomic mass is 10.00. The number of aromatic nitrogens is 4. The lowest BCUT2D eigenvalue weighted by Crippen LogP contribution is -2.18. The molecule has 0 radical (unpaired) electrons. The lowest BCUT2D eigenvalue weighted by Gasteiger charge is -2.11. The Balaban J connectivity index is 2.31. The molecule has 1 atom stereocenters. The first-order valence-corrected chi connectivity index (χ1v) is 7.03. The highest BCUT2D eigenvalue weighted by molar-refractivity contribution is 5.32. The van der Waals surface area contributed by atoms with Crippen LogP contribution in [0.25, 0.3) is 5.82 Å². The third-order valence-corrected chi connectivity index (χ3v) is 3.55. The summed E-state index contributed by atoms with van der Waals surface area (Å²) in [5, 5.41) is 16.2. The van der Waals surface area contributed by atoms with Gasteiger partial charge in [0.15, 0.2) is 5.82 Å². The Morgan fingerprint density at radius 2 is 1.95 bits per heavy atom. The number of hydrogen-bond acceptors (Lipinski definition) is 4. The van der Waals surface area contributed by atoms with Crippen molar-refractivity contribution in [3.63, 3.8) is 0 Å². The fraction of sp³-hybridized carbons (Fsp3) is 0.533. The first-order valence-electron chi connectivity index (χ1n) is 7.03. The number of nitrogens with one attached hydrogen (secondary N) is 1. The van der Waals surface area contributed by atoms with Gasteiger partial charge < -0.3 is 5.32 Å². The third kappa shape index (κ3) is 3.04. The van der Waals surface area contributed by atoms with Gasteiger partial charge in [0.05, 0.1) is 11.4 Å². The van der Waals surface area contributed by atoms with Gasteiger partial charge in [-0.15, -0.1) is 5.10 Å². The Hall–Kier alpha value is -1.75. The third-order valence-electron chi connectivity index (χ3n) is 3.55. The summed E-state index contributed by atoms with van der Waals surface area (Å²) >= 11 is 0. The maximum absolute atomic E-state index is 4.62. The van der Waals surface area contributed by atoms with Crippen LogP contribution in [0.3, 0.4) is 0 Å². The van der Waals surface area contributed by atoms with Gasteiger partial charge in [0.1, 0.15) is 0 Å². The second kappa shape index (κ2) is 6.13. The van der Waals surface area contributed by atoms with E-state index in [1.165, 1.54) is 5.56 Å². The van der Waals surface area contributed by atoms with Crippen molar-refractivity contribution >= 4 is 0 Å². The van der Waals surface area contributed by atoms with Crippen molar-refractivity contribution in [2.24, 2.45) is 5.92 Å². The molecular formula is C15H23N5. The maximum Gasteiger partial charge on any atom is 0.175 e. The normalized spacial score (nSPS) is 12.7. The molecule has 2 aromatic heterocycles. The molecule has 1 N–H and O–H groups in total. The Bertz CT molecular complexity index is 571. The van der Waals surface area contributed by atoms with E-state index >= 15 is 0 Å². The predicted octanol–water partition coefficient (Wildman–Crippen LogP) is 1.99. The van der Waals surface area contributed by atoms with Crippen LogP contribution in [0.4, 0.5) is 0 Å². The molecule has 0 bridgehead atoms. The average Bonchev–Trinajstić information content (AvgIpc) is 2.68. The molecule has 2 heterocycles. The Kier molecular flexibility index (Phi) is 4.49. The molecule has 0 amide bonds. The molecule has 20 heavy (non-hydrogen) atoms. The summed E-state index contributed by atoms with van der Waals surface area (Å²) in [5.41, 5.74) is 4.46. The van der Waals surface area contributed by atoms with Crippen molar-refractivity contribution in [2.45, 2.75) is 34.1 Å². The standard InChI is InChI=1S/C15H23N5/c1-10(9-16-5)8-14-12(3)19-20(13(14)4)15-7-6-11(2)17-18-15/h6-7,10,16H,8-9H2,1-5H3. The van der Waals surface area contributed by atoms with E-state index in [4.69, 9.17) is 0 Å². The topological polar surface area (TPSA) is 55.6 Å². The van der Waals surface area contributed by atoms with Crippen LogP contribution in [0.1, 0.15) is 29.6 Å². The minimum atomic E-state index is 0.583. The fourth-order valence-electron chi connectivity index (χ4n) is 2.47. The predicted molar refractivity (Wildman–Crippen MR) is 80.2 cm³/mol. The average molecular weight is 273 g/mol. The van der Waals surface area contributed by atoms with Crippen LogP contribution >= 0.6 is 0 Å². The van der Waals surface area contributed by atoms with Crippen LogP contribution in [-0.4, -0.2) is 33.6 Å². The maximum atomic E-state index is 4.62. The summed E-state index contributed by atoms with van der Waals surface area (Å²) in [6.45, 7) is 9.35. The van der Waals surface area contributed by atoms with Gasteiger partial charge in [0, 0.05) is 5.69 Å². The minimum absolute atomic E-state index is 0.583. The second-order valence-electron chi connectivity index (χ2n) is 5.46. The van der Waals surface area contributed by atoms with Crippen molar-refractivity contribution in [1.82, 2.24) is 25.3 Å². The molecule has 0 saturated heterocycles. The van der Waals surface area contributed by atoms with Crippen molar-refractivity contribution < 1.29 is 0 Å². The van der Waals surface area contributed by atoms with Crippen molar-refractivity contribution in [2.75, 3.05) is 13.6 Å². The van der Waals surface area contributed by atoms with E-state index in [0.29, 0.717) is 5.92 Å². The van der Waals surface area contributed by atoms with Crippen molar-refractivity contribution in [3.05, 3.63) is 34.8 Å². The van der Waals surface area contributed by atoms with Crippen LogP contribution in [0.15, 0.2) is 12.1 Å². The van der Waals surface area contributed by atoms with Crippen LogP contribution in [0.5, 0.6) is 0 Å². The molecule has 0 aliphatic heterocycles. The summed E-state index contributed by atoms with van der Waals surface area (Å²) in [6.07, 6.45) is 1.03. The van der Waals surface area contributed by atoms with E-state index in [1.54, 1.807) is 0 Å². The van der Waals surface area contributed by atoms with Gasteiger partial charge in [0.25, 0.3) is 0 Å². The van der Waals surface area contributed by atoms with Gasteiger partial charge in [-0.1, -0.05) is 6.92 Å². The van der Waals surface area contributed by atoms with Gasteiger partial charge >= 0.3 is 0 Å². The van der Waals surface area contributed by atoms with Gasteiger partial charge in [0.2, 0.25) is 0 Å². The van der Waals surface area contributed by atoms with Crippen LogP contribution < -0.4 is 5.32 Å². The quantitative estimate of drug-likeness (QED) is 0.905. The molecule has 5 heteroatoms. The van der Waals surface area contributed by atoms with E-state index in [0.717, 1.165) is 35.9 Å². The summed E-state index contributed by atoms with van der Waals surface area (Å²) in [7, 11) is 1.99. The minimum Gasteiger partial charge on any atom is -0.319 e. The number of nitrogens with zero attached hydrogens (tertiary/aromatic N) is 4. The Morgan fingerprint density at radius 1 is 1.20 bits per heavy atom. The molecule has 108 valence electrons. The van der Waals surface area contributed by atoms with Gasteiger partial charge in [-0.05, 0) is 64.4 Å². The van der Waals surface area contributed by atoms with E-state index in [1.807, 2.05) is 30.8 Å². The molecule has 0 saturated carbocycles. The smallest absolute Gasteiger partial charge is 0.175 e. The highest BCUT2D eigenvalue weighted by Gasteiger charge is 2.15. The molecular weight excluding hydrogens is 250 g/mol. The largest absolute Gasteiger partial charge is 0.319 e. The highest BCUT2D eigenvalue weighted by Crippen LogP contribution is 2.19. The SMILES string of the molecule is CNCC(C)Cc1c(C)nn(-c2ccc(C)nn2)c1C. The zero-order valence-corrected chi connectivity index (χ0v) is 12.9. The summed E-state index contributed by atoms with van der Waals surface area (Å²) in [4.78, 5) is 0. The van der Waals surface area contributed by atoms with E-state index in [9.17, 15) is 0 Å². The Labute approximate surface area is 120 Å². The monoisotopic (exact) mass is 273 g/mol.